The highest BCUT2D eigenvalue weighted by Gasteiger charge is 2.31. The molecule has 100 valence electrons. The number of benzene rings is 1. The van der Waals surface area contributed by atoms with Gasteiger partial charge in [-0.1, -0.05) is 30.3 Å². The van der Waals surface area contributed by atoms with E-state index < -0.39 is 0 Å². The van der Waals surface area contributed by atoms with Gasteiger partial charge < -0.3 is 10.2 Å². The molecule has 0 saturated carbocycles. The van der Waals surface area contributed by atoms with Gasteiger partial charge in [0.15, 0.2) is 0 Å². The Balaban J connectivity index is 1.95. The summed E-state index contributed by atoms with van der Waals surface area (Å²) >= 11 is 0. The van der Waals surface area contributed by atoms with Crippen LogP contribution in [0.1, 0.15) is 25.3 Å². The third-order valence-electron chi connectivity index (χ3n) is 3.73. The van der Waals surface area contributed by atoms with Gasteiger partial charge in [-0.25, -0.2) is 0 Å². The van der Waals surface area contributed by atoms with Crippen LogP contribution in [0.5, 0.6) is 0 Å². The highest BCUT2D eigenvalue weighted by atomic mass is 16.3. The van der Waals surface area contributed by atoms with E-state index in [9.17, 15) is 10.2 Å². The van der Waals surface area contributed by atoms with Crippen LogP contribution in [0.4, 0.5) is 0 Å². The number of hydrogen-bond acceptors (Lipinski definition) is 3. The zero-order chi connectivity index (χ0) is 13.0. The molecule has 1 aliphatic rings. The van der Waals surface area contributed by atoms with Crippen LogP contribution in [0.2, 0.25) is 0 Å². The lowest BCUT2D eigenvalue weighted by molar-refractivity contribution is 0.151. The van der Waals surface area contributed by atoms with E-state index in [1.165, 1.54) is 5.56 Å². The van der Waals surface area contributed by atoms with Gasteiger partial charge in [-0.3, -0.25) is 4.90 Å². The summed E-state index contributed by atoms with van der Waals surface area (Å²) in [7, 11) is 0. The van der Waals surface area contributed by atoms with Gasteiger partial charge in [-0.2, -0.15) is 0 Å². The van der Waals surface area contributed by atoms with Gasteiger partial charge in [0.1, 0.15) is 0 Å². The molecule has 1 heterocycles. The topological polar surface area (TPSA) is 43.7 Å². The van der Waals surface area contributed by atoms with Crippen molar-refractivity contribution in [2.45, 2.75) is 38.5 Å². The Morgan fingerprint density at radius 1 is 1.33 bits per heavy atom. The lowest BCUT2D eigenvalue weighted by Gasteiger charge is -2.22. The fourth-order valence-corrected chi connectivity index (χ4v) is 2.94. The molecule has 0 amide bonds. The van der Waals surface area contributed by atoms with E-state index in [4.69, 9.17) is 0 Å². The van der Waals surface area contributed by atoms with Gasteiger partial charge in [0.25, 0.3) is 0 Å². The Labute approximate surface area is 109 Å². The van der Waals surface area contributed by atoms with Crippen LogP contribution < -0.4 is 0 Å². The summed E-state index contributed by atoms with van der Waals surface area (Å²) in [6.45, 7) is 3.92. The van der Waals surface area contributed by atoms with Gasteiger partial charge in [0, 0.05) is 19.1 Å². The highest BCUT2D eigenvalue weighted by molar-refractivity contribution is 5.15. The summed E-state index contributed by atoms with van der Waals surface area (Å²) in [5.41, 5.74) is 1.29. The quantitative estimate of drug-likeness (QED) is 0.834. The van der Waals surface area contributed by atoms with Crippen molar-refractivity contribution in [3.05, 3.63) is 35.9 Å². The maximum atomic E-state index is 9.47. The standard InChI is InChI=1S/C15H23NO2/c1-12(18)7-14-8-15(11-17)16(10-14)9-13-5-3-2-4-6-13/h2-6,12,14-15,17-18H,7-11H2,1H3/t12?,14-,15-/m0/s1. The van der Waals surface area contributed by atoms with Crippen molar-refractivity contribution in [2.75, 3.05) is 13.2 Å². The molecule has 1 fully saturated rings. The van der Waals surface area contributed by atoms with Crippen molar-refractivity contribution in [1.82, 2.24) is 4.90 Å². The number of rotatable bonds is 5. The normalized spacial score (nSPS) is 26.4. The second-order valence-corrected chi connectivity index (χ2v) is 5.44. The van der Waals surface area contributed by atoms with E-state index in [1.54, 1.807) is 0 Å². The first kappa shape index (κ1) is 13.5. The predicted octanol–water partition coefficient (Wildman–Crippen LogP) is 1.64. The number of aliphatic hydroxyl groups is 2. The molecule has 3 nitrogen and oxygen atoms in total. The molecule has 18 heavy (non-hydrogen) atoms. The smallest absolute Gasteiger partial charge is 0.0587 e. The number of nitrogens with zero attached hydrogens (tertiary/aromatic N) is 1. The van der Waals surface area contributed by atoms with Gasteiger partial charge >= 0.3 is 0 Å². The molecule has 0 aromatic heterocycles. The molecule has 3 atom stereocenters. The minimum Gasteiger partial charge on any atom is -0.395 e. The van der Waals surface area contributed by atoms with Crippen LogP contribution >= 0.6 is 0 Å². The average Bonchev–Trinajstić information content (AvgIpc) is 2.71. The first-order valence-electron chi connectivity index (χ1n) is 6.76. The van der Waals surface area contributed by atoms with Crippen LogP contribution in [0.25, 0.3) is 0 Å². The molecule has 1 aromatic carbocycles. The average molecular weight is 249 g/mol. The van der Waals surface area contributed by atoms with E-state index in [0.717, 1.165) is 25.9 Å². The Hall–Kier alpha value is -0.900. The number of aliphatic hydroxyl groups excluding tert-OH is 2. The predicted molar refractivity (Wildman–Crippen MR) is 72.1 cm³/mol. The second kappa shape index (κ2) is 6.32. The molecule has 0 radical (unpaired) electrons. The molecule has 0 bridgehead atoms. The zero-order valence-electron chi connectivity index (χ0n) is 11.0. The van der Waals surface area contributed by atoms with Crippen molar-refractivity contribution in [3.8, 4) is 0 Å². The molecule has 1 aliphatic heterocycles. The lowest BCUT2D eigenvalue weighted by atomic mass is 9.99. The molecule has 2 rings (SSSR count). The summed E-state index contributed by atoms with van der Waals surface area (Å²) in [6, 6.07) is 10.6. The molecule has 0 aliphatic carbocycles. The van der Waals surface area contributed by atoms with Crippen molar-refractivity contribution < 1.29 is 10.2 Å². The molecular formula is C15H23NO2. The Morgan fingerprint density at radius 3 is 2.67 bits per heavy atom. The van der Waals surface area contributed by atoms with Crippen LogP contribution in [0.15, 0.2) is 30.3 Å². The van der Waals surface area contributed by atoms with Crippen molar-refractivity contribution >= 4 is 0 Å². The van der Waals surface area contributed by atoms with E-state index in [0.29, 0.717) is 5.92 Å². The Bertz CT molecular complexity index is 353. The maximum Gasteiger partial charge on any atom is 0.0587 e. The fraction of sp³-hybridized carbons (Fsp3) is 0.600. The monoisotopic (exact) mass is 249 g/mol. The van der Waals surface area contributed by atoms with E-state index in [2.05, 4.69) is 17.0 Å². The summed E-state index contributed by atoms with van der Waals surface area (Å²) in [6.07, 6.45) is 1.58. The van der Waals surface area contributed by atoms with Crippen LogP contribution in [0.3, 0.4) is 0 Å². The van der Waals surface area contributed by atoms with Gasteiger partial charge in [0.2, 0.25) is 0 Å². The molecule has 1 unspecified atom stereocenters. The Kier molecular flexibility index (Phi) is 4.75. The second-order valence-electron chi connectivity index (χ2n) is 5.44. The third-order valence-corrected chi connectivity index (χ3v) is 3.73. The molecular weight excluding hydrogens is 226 g/mol. The molecule has 2 N–H and O–H groups in total. The van der Waals surface area contributed by atoms with Crippen LogP contribution in [-0.2, 0) is 6.54 Å². The molecule has 1 aromatic rings. The first-order chi connectivity index (χ1) is 8.69. The molecule has 3 heteroatoms. The lowest BCUT2D eigenvalue weighted by Crippen LogP contribution is -2.31. The molecule has 0 spiro atoms. The van der Waals surface area contributed by atoms with Gasteiger partial charge in [0.05, 0.1) is 12.7 Å². The summed E-state index contributed by atoms with van der Waals surface area (Å²) in [5, 5.41) is 18.9. The van der Waals surface area contributed by atoms with E-state index in [1.807, 2.05) is 25.1 Å². The summed E-state index contributed by atoms with van der Waals surface area (Å²) in [5.74, 6) is 0.505. The van der Waals surface area contributed by atoms with Crippen molar-refractivity contribution in [2.24, 2.45) is 5.92 Å². The maximum absolute atomic E-state index is 9.47. The van der Waals surface area contributed by atoms with Crippen LogP contribution in [0, 0.1) is 5.92 Å². The summed E-state index contributed by atoms with van der Waals surface area (Å²) in [4.78, 5) is 2.34. The first-order valence-corrected chi connectivity index (χ1v) is 6.76. The number of hydrogen-bond donors (Lipinski definition) is 2. The zero-order valence-corrected chi connectivity index (χ0v) is 11.0. The Morgan fingerprint density at radius 2 is 2.06 bits per heavy atom. The van der Waals surface area contributed by atoms with E-state index in [-0.39, 0.29) is 18.8 Å². The minimum atomic E-state index is -0.244. The van der Waals surface area contributed by atoms with Gasteiger partial charge in [-0.15, -0.1) is 0 Å². The van der Waals surface area contributed by atoms with Crippen LogP contribution in [-0.4, -0.2) is 40.4 Å². The SMILES string of the molecule is CC(O)C[C@H]1C[C@@H](CO)N(Cc2ccccc2)C1. The van der Waals surface area contributed by atoms with Crippen molar-refractivity contribution in [3.63, 3.8) is 0 Å². The highest BCUT2D eigenvalue weighted by Crippen LogP contribution is 2.28. The van der Waals surface area contributed by atoms with Crippen molar-refractivity contribution in [1.29, 1.82) is 0 Å². The summed E-state index contributed by atoms with van der Waals surface area (Å²) < 4.78 is 0. The molecule has 1 saturated heterocycles. The van der Waals surface area contributed by atoms with Gasteiger partial charge in [-0.05, 0) is 31.2 Å². The number of likely N-dealkylation sites (tertiary alicyclic amines) is 1. The largest absolute Gasteiger partial charge is 0.395 e. The third kappa shape index (κ3) is 3.55. The van der Waals surface area contributed by atoms with E-state index >= 15 is 0 Å². The minimum absolute atomic E-state index is 0.211. The fourth-order valence-electron chi connectivity index (χ4n) is 2.94.